The third-order valence-corrected chi connectivity index (χ3v) is 4.61. The molecule has 0 saturated heterocycles. The molecule has 114 valence electrons. The van der Waals surface area contributed by atoms with E-state index in [1.807, 2.05) is 12.1 Å². The molecule has 1 unspecified atom stereocenters. The van der Waals surface area contributed by atoms with Crippen molar-refractivity contribution in [2.24, 2.45) is 4.99 Å². The van der Waals surface area contributed by atoms with Crippen molar-refractivity contribution >= 4 is 39.8 Å². The molecule has 1 heterocycles. The second-order valence-corrected chi connectivity index (χ2v) is 6.64. The minimum absolute atomic E-state index is 0.129. The Morgan fingerprint density at radius 3 is 3.00 bits per heavy atom. The molecular formula is C16H14BrClN2O2. The molecule has 0 fully saturated rings. The largest absolute Gasteiger partial charge is 0.394 e. The molecule has 2 aliphatic rings. The summed E-state index contributed by atoms with van der Waals surface area (Å²) >= 11 is 9.44. The Balaban J connectivity index is 1.94. The van der Waals surface area contributed by atoms with Gasteiger partial charge >= 0.3 is 0 Å². The molecule has 2 atom stereocenters. The summed E-state index contributed by atoms with van der Waals surface area (Å²) in [7, 11) is 0. The zero-order valence-electron chi connectivity index (χ0n) is 11.6. The molecule has 0 saturated carbocycles. The van der Waals surface area contributed by atoms with Crippen LogP contribution in [0.5, 0.6) is 0 Å². The summed E-state index contributed by atoms with van der Waals surface area (Å²) in [5.74, 6) is -0.129. The second-order valence-electron chi connectivity index (χ2n) is 5.19. The molecule has 0 aromatic heterocycles. The number of aliphatic imine (C=N–C) groups is 1. The maximum Gasteiger partial charge on any atom is 0.257 e. The summed E-state index contributed by atoms with van der Waals surface area (Å²) in [4.78, 5) is 18.6. The van der Waals surface area contributed by atoms with Gasteiger partial charge in [-0.3, -0.25) is 14.7 Å². The number of aliphatic hydroxyl groups excluding tert-OH is 1. The average molecular weight is 382 g/mol. The number of aliphatic hydroxyl groups is 1. The number of hydrogen-bond donors (Lipinski definition) is 1. The zero-order valence-corrected chi connectivity index (χ0v) is 14.0. The fourth-order valence-electron chi connectivity index (χ4n) is 2.64. The van der Waals surface area contributed by atoms with Crippen molar-refractivity contribution in [1.29, 1.82) is 0 Å². The highest BCUT2D eigenvalue weighted by Crippen LogP contribution is 2.32. The lowest BCUT2D eigenvalue weighted by Gasteiger charge is -2.34. The monoisotopic (exact) mass is 380 g/mol. The first-order valence-corrected chi connectivity index (χ1v) is 8.06. The van der Waals surface area contributed by atoms with E-state index in [9.17, 15) is 9.90 Å². The Labute approximate surface area is 141 Å². The standard InChI is InChI=1S/C16H14BrClN2O2/c17-11-4-5-13-14(7-11)19-9-20(16(13)22)15(8-21)10-2-1-3-12(18)6-10/h1-6,9,14-15,21H,7-8H2/t14-,15?/m0/s1. The molecule has 6 heteroatoms. The van der Waals surface area contributed by atoms with Gasteiger partial charge in [0.25, 0.3) is 5.91 Å². The first-order chi connectivity index (χ1) is 10.6. The van der Waals surface area contributed by atoms with Crippen LogP contribution in [0.2, 0.25) is 5.02 Å². The molecule has 3 rings (SSSR count). The lowest BCUT2D eigenvalue weighted by molar-refractivity contribution is -0.126. The van der Waals surface area contributed by atoms with Crippen LogP contribution >= 0.6 is 27.5 Å². The van der Waals surface area contributed by atoms with Crippen molar-refractivity contribution < 1.29 is 9.90 Å². The van der Waals surface area contributed by atoms with Gasteiger partial charge in [0.05, 0.1) is 25.0 Å². The highest BCUT2D eigenvalue weighted by molar-refractivity contribution is 9.11. The van der Waals surface area contributed by atoms with E-state index in [0.29, 0.717) is 17.0 Å². The lowest BCUT2D eigenvalue weighted by atomic mass is 9.95. The Morgan fingerprint density at radius 2 is 2.27 bits per heavy atom. The summed E-state index contributed by atoms with van der Waals surface area (Å²) in [6, 6.07) is 6.50. The molecule has 1 aromatic carbocycles. The maximum atomic E-state index is 12.7. The molecule has 1 amide bonds. The number of hydrogen-bond acceptors (Lipinski definition) is 3. The van der Waals surface area contributed by atoms with Gasteiger partial charge in [-0.15, -0.1) is 0 Å². The lowest BCUT2D eigenvalue weighted by Crippen LogP contribution is -2.42. The Morgan fingerprint density at radius 1 is 1.45 bits per heavy atom. The minimum Gasteiger partial charge on any atom is -0.394 e. The van der Waals surface area contributed by atoms with E-state index in [0.717, 1.165) is 10.0 Å². The van der Waals surface area contributed by atoms with Gasteiger partial charge in [-0.1, -0.05) is 51.8 Å². The number of allylic oxidation sites excluding steroid dienone is 2. The Hall–Kier alpha value is -1.43. The van der Waals surface area contributed by atoms with Crippen LogP contribution in [0.15, 0.2) is 51.5 Å². The van der Waals surface area contributed by atoms with Crippen molar-refractivity contribution in [2.75, 3.05) is 6.61 Å². The maximum absolute atomic E-state index is 12.7. The van der Waals surface area contributed by atoms with Gasteiger partial charge in [-0.2, -0.15) is 0 Å². The number of carbonyl (C=O) groups is 1. The van der Waals surface area contributed by atoms with E-state index in [-0.39, 0.29) is 18.6 Å². The molecule has 1 aliphatic heterocycles. The summed E-state index contributed by atoms with van der Waals surface area (Å²) in [6.45, 7) is -0.199. The Bertz CT molecular complexity index is 699. The molecule has 1 aromatic rings. The minimum atomic E-state index is -0.494. The quantitative estimate of drug-likeness (QED) is 0.874. The first kappa shape index (κ1) is 15.5. The predicted molar refractivity (Wildman–Crippen MR) is 90.1 cm³/mol. The number of benzene rings is 1. The number of carbonyl (C=O) groups excluding carboxylic acids is 1. The second kappa shape index (κ2) is 6.36. The summed E-state index contributed by atoms with van der Waals surface area (Å²) < 4.78 is 1.02. The van der Waals surface area contributed by atoms with Crippen LogP contribution in [-0.4, -0.2) is 34.9 Å². The molecular weight excluding hydrogens is 368 g/mol. The molecule has 1 aliphatic carbocycles. The summed E-state index contributed by atoms with van der Waals surface area (Å²) in [6.07, 6.45) is 5.87. The van der Waals surface area contributed by atoms with Gasteiger partial charge in [0, 0.05) is 17.0 Å². The highest BCUT2D eigenvalue weighted by atomic mass is 79.9. The number of halogens is 2. The van der Waals surface area contributed by atoms with Gasteiger partial charge in [-0.25, -0.2) is 0 Å². The molecule has 0 bridgehead atoms. The SMILES string of the molecule is O=C1C2=CC=C(Br)C[C@@H]2N=CN1C(CO)c1cccc(Cl)c1. The smallest absolute Gasteiger partial charge is 0.257 e. The van der Waals surface area contributed by atoms with Crippen molar-refractivity contribution in [1.82, 2.24) is 4.90 Å². The molecule has 4 nitrogen and oxygen atoms in total. The number of nitrogens with zero attached hydrogens (tertiary/aromatic N) is 2. The van der Waals surface area contributed by atoms with Crippen LogP contribution in [-0.2, 0) is 4.79 Å². The first-order valence-electron chi connectivity index (χ1n) is 6.88. The van der Waals surface area contributed by atoms with E-state index in [1.54, 1.807) is 24.3 Å². The van der Waals surface area contributed by atoms with E-state index in [2.05, 4.69) is 20.9 Å². The fraction of sp³-hybridized carbons (Fsp3) is 0.250. The number of amides is 1. The zero-order chi connectivity index (χ0) is 15.7. The molecule has 0 radical (unpaired) electrons. The van der Waals surface area contributed by atoms with Crippen molar-refractivity contribution in [3.05, 3.63) is 57.1 Å². The Kier molecular flexibility index (Phi) is 4.47. The van der Waals surface area contributed by atoms with Crippen LogP contribution < -0.4 is 0 Å². The van der Waals surface area contributed by atoms with Gasteiger partial charge in [0.15, 0.2) is 0 Å². The van der Waals surface area contributed by atoms with Crippen molar-refractivity contribution in [3.63, 3.8) is 0 Å². The normalized spacial score (nSPS) is 22.0. The van der Waals surface area contributed by atoms with E-state index < -0.39 is 6.04 Å². The predicted octanol–water partition coefficient (Wildman–Crippen LogP) is 3.22. The van der Waals surface area contributed by atoms with Gasteiger partial charge in [-0.05, 0) is 22.2 Å². The summed E-state index contributed by atoms with van der Waals surface area (Å²) in [5.41, 5.74) is 1.42. The van der Waals surface area contributed by atoms with E-state index in [1.165, 1.54) is 11.2 Å². The molecule has 0 spiro atoms. The number of fused-ring (bicyclic) bond motifs is 1. The van der Waals surface area contributed by atoms with Crippen LogP contribution in [0.1, 0.15) is 18.0 Å². The van der Waals surface area contributed by atoms with Crippen LogP contribution in [0.3, 0.4) is 0 Å². The third kappa shape index (κ3) is 2.89. The van der Waals surface area contributed by atoms with Crippen molar-refractivity contribution in [2.45, 2.75) is 18.5 Å². The van der Waals surface area contributed by atoms with E-state index >= 15 is 0 Å². The van der Waals surface area contributed by atoms with Crippen LogP contribution in [0.4, 0.5) is 0 Å². The van der Waals surface area contributed by atoms with Crippen LogP contribution in [0.25, 0.3) is 0 Å². The highest BCUT2D eigenvalue weighted by Gasteiger charge is 2.34. The van der Waals surface area contributed by atoms with Gasteiger partial charge in [0.2, 0.25) is 0 Å². The van der Waals surface area contributed by atoms with Gasteiger partial charge in [0.1, 0.15) is 0 Å². The molecule has 1 N–H and O–H groups in total. The topological polar surface area (TPSA) is 52.9 Å². The summed E-state index contributed by atoms with van der Waals surface area (Å²) in [5, 5.41) is 10.3. The fourth-order valence-corrected chi connectivity index (χ4v) is 3.28. The molecule has 22 heavy (non-hydrogen) atoms. The van der Waals surface area contributed by atoms with Crippen molar-refractivity contribution in [3.8, 4) is 0 Å². The van der Waals surface area contributed by atoms with E-state index in [4.69, 9.17) is 11.6 Å². The van der Waals surface area contributed by atoms with Gasteiger partial charge < -0.3 is 5.11 Å². The average Bonchev–Trinajstić information content (AvgIpc) is 2.50. The van der Waals surface area contributed by atoms with Crippen LogP contribution in [0, 0.1) is 0 Å². The number of rotatable bonds is 3. The third-order valence-electron chi connectivity index (χ3n) is 3.79.